The van der Waals surface area contributed by atoms with Crippen LogP contribution in [0.3, 0.4) is 0 Å². The molecule has 0 N–H and O–H groups in total. The molecule has 0 atom stereocenters. The van der Waals surface area contributed by atoms with E-state index in [1.165, 1.54) is 16.5 Å². The van der Waals surface area contributed by atoms with Gasteiger partial charge in [-0.2, -0.15) is 0 Å². The van der Waals surface area contributed by atoms with Crippen LogP contribution >= 0.6 is 0 Å². The lowest BCUT2D eigenvalue weighted by Gasteiger charge is -2.26. The second kappa shape index (κ2) is 11.0. The van der Waals surface area contributed by atoms with Gasteiger partial charge in [-0.25, -0.2) is 0 Å². The van der Waals surface area contributed by atoms with E-state index < -0.39 is 0 Å². The fourth-order valence-corrected chi connectivity index (χ4v) is 7.28. The highest BCUT2D eigenvalue weighted by Gasteiger charge is 2.17. The van der Waals surface area contributed by atoms with Crippen molar-refractivity contribution < 1.29 is 8.83 Å². The normalized spacial score (nSPS) is 11.7. The van der Waals surface area contributed by atoms with Crippen LogP contribution in [0.15, 0.2) is 185 Å². The SMILES string of the molecule is c1ccc(-c2ccc(N(c3ccc(-c4cccc5oc6ccccc6c45)cc3)c3ccc4cc5c(cc4c3)oc3ccccc35)cc2)cc1. The van der Waals surface area contributed by atoms with Crippen molar-refractivity contribution in [1.29, 1.82) is 0 Å². The average Bonchev–Trinajstić information content (AvgIpc) is 3.73. The third-order valence-electron chi connectivity index (χ3n) is 9.65. The standard InChI is InChI=1S/C46H29NO2/c1-2-9-30(10-3-1)31-17-22-35(23-18-31)47(37-26-21-33-28-41-39-11-4-6-14-42(39)49-45(41)29-34(33)27-37)36-24-19-32(20-25-36)38-13-8-16-44-46(38)40-12-5-7-15-43(40)48-44/h1-29H. The summed E-state index contributed by atoms with van der Waals surface area (Å²) >= 11 is 0. The Labute approximate surface area is 282 Å². The minimum absolute atomic E-state index is 0.898. The first-order valence-corrected chi connectivity index (χ1v) is 16.6. The summed E-state index contributed by atoms with van der Waals surface area (Å²) in [4.78, 5) is 2.33. The fourth-order valence-electron chi connectivity index (χ4n) is 7.28. The van der Waals surface area contributed by atoms with E-state index in [0.717, 1.165) is 77.5 Å². The van der Waals surface area contributed by atoms with E-state index >= 15 is 0 Å². The van der Waals surface area contributed by atoms with Gasteiger partial charge >= 0.3 is 0 Å². The third-order valence-corrected chi connectivity index (χ3v) is 9.65. The third kappa shape index (κ3) is 4.59. The number of benzene rings is 8. The Hall–Kier alpha value is -6.58. The maximum absolute atomic E-state index is 6.27. The zero-order chi connectivity index (χ0) is 32.3. The Balaban J connectivity index is 1.11. The Morgan fingerprint density at radius 1 is 0.327 bits per heavy atom. The monoisotopic (exact) mass is 627 g/mol. The molecule has 0 aliphatic heterocycles. The molecular formula is C46H29NO2. The van der Waals surface area contributed by atoms with Crippen LogP contribution in [-0.4, -0.2) is 0 Å². The summed E-state index contributed by atoms with van der Waals surface area (Å²) < 4.78 is 12.5. The summed E-state index contributed by atoms with van der Waals surface area (Å²) in [5, 5.41) is 6.86. The molecule has 0 spiro atoms. The Kier molecular flexibility index (Phi) is 6.18. The van der Waals surface area contributed by atoms with Gasteiger partial charge in [0.25, 0.3) is 0 Å². The molecule has 3 nitrogen and oxygen atoms in total. The molecule has 0 aliphatic rings. The van der Waals surface area contributed by atoms with Crippen LogP contribution in [0.5, 0.6) is 0 Å². The van der Waals surface area contributed by atoms with E-state index in [0.29, 0.717) is 0 Å². The molecule has 3 heteroatoms. The topological polar surface area (TPSA) is 29.5 Å². The Morgan fingerprint density at radius 2 is 0.918 bits per heavy atom. The Morgan fingerprint density at radius 3 is 1.69 bits per heavy atom. The van der Waals surface area contributed by atoms with Gasteiger partial charge in [-0.1, -0.05) is 109 Å². The van der Waals surface area contributed by atoms with Crippen LogP contribution in [0.25, 0.3) is 76.9 Å². The fraction of sp³-hybridized carbons (Fsp3) is 0. The second-order valence-corrected chi connectivity index (χ2v) is 12.6. The summed E-state index contributed by atoms with van der Waals surface area (Å²) in [5.41, 5.74) is 11.5. The molecule has 0 saturated carbocycles. The lowest BCUT2D eigenvalue weighted by Crippen LogP contribution is -2.09. The highest BCUT2D eigenvalue weighted by molar-refractivity contribution is 6.13. The summed E-state index contributed by atoms with van der Waals surface area (Å²) in [6.45, 7) is 0. The molecule has 0 aliphatic carbocycles. The molecule has 0 fully saturated rings. The molecule has 2 heterocycles. The summed E-state index contributed by atoms with van der Waals surface area (Å²) in [6, 6.07) is 62.1. The molecule has 0 bridgehead atoms. The number of hydrogen-bond acceptors (Lipinski definition) is 3. The van der Waals surface area contributed by atoms with Gasteiger partial charge in [0, 0.05) is 38.6 Å². The molecule has 2 aromatic heterocycles. The molecule has 0 amide bonds. The molecular weight excluding hydrogens is 599 g/mol. The van der Waals surface area contributed by atoms with Crippen LogP contribution in [-0.2, 0) is 0 Å². The van der Waals surface area contributed by atoms with Crippen molar-refractivity contribution in [2.24, 2.45) is 0 Å². The van der Waals surface area contributed by atoms with E-state index in [1.54, 1.807) is 0 Å². The van der Waals surface area contributed by atoms with Crippen molar-refractivity contribution in [1.82, 2.24) is 0 Å². The first kappa shape index (κ1) is 27.5. The number of fused-ring (bicyclic) bond motifs is 7. The predicted octanol–water partition coefficient (Wildman–Crippen LogP) is 13.4. The number of furan rings is 2. The first-order chi connectivity index (χ1) is 24.3. The van der Waals surface area contributed by atoms with Crippen LogP contribution < -0.4 is 4.90 Å². The van der Waals surface area contributed by atoms with Gasteiger partial charge in [0.1, 0.15) is 22.3 Å². The van der Waals surface area contributed by atoms with Crippen LogP contribution in [0.4, 0.5) is 17.1 Å². The largest absolute Gasteiger partial charge is 0.456 e. The zero-order valence-corrected chi connectivity index (χ0v) is 26.5. The summed E-state index contributed by atoms with van der Waals surface area (Å²) in [6.07, 6.45) is 0. The molecule has 10 rings (SSSR count). The number of anilines is 3. The van der Waals surface area contributed by atoms with Gasteiger partial charge in [-0.15, -0.1) is 0 Å². The lowest BCUT2D eigenvalue weighted by atomic mass is 9.99. The van der Waals surface area contributed by atoms with Crippen molar-refractivity contribution in [2.45, 2.75) is 0 Å². The predicted molar refractivity (Wildman–Crippen MR) is 204 cm³/mol. The van der Waals surface area contributed by atoms with Crippen molar-refractivity contribution in [3.05, 3.63) is 176 Å². The van der Waals surface area contributed by atoms with Crippen LogP contribution in [0, 0.1) is 0 Å². The average molecular weight is 628 g/mol. The molecule has 230 valence electrons. The molecule has 0 unspecified atom stereocenters. The van der Waals surface area contributed by atoms with E-state index in [4.69, 9.17) is 8.83 Å². The number of rotatable bonds is 5. The zero-order valence-electron chi connectivity index (χ0n) is 26.5. The quantitative estimate of drug-likeness (QED) is 0.190. The highest BCUT2D eigenvalue weighted by Crippen LogP contribution is 2.41. The van der Waals surface area contributed by atoms with Crippen molar-refractivity contribution in [3.63, 3.8) is 0 Å². The van der Waals surface area contributed by atoms with Gasteiger partial charge in [0.15, 0.2) is 0 Å². The lowest BCUT2D eigenvalue weighted by molar-refractivity contribution is 0.669. The van der Waals surface area contributed by atoms with Crippen molar-refractivity contribution in [3.8, 4) is 22.3 Å². The number of para-hydroxylation sites is 2. The van der Waals surface area contributed by atoms with Gasteiger partial charge in [-0.3, -0.25) is 0 Å². The van der Waals surface area contributed by atoms with Gasteiger partial charge in [-0.05, 0) is 99.8 Å². The maximum Gasteiger partial charge on any atom is 0.136 e. The molecule has 10 aromatic rings. The molecule has 49 heavy (non-hydrogen) atoms. The molecule has 0 saturated heterocycles. The van der Waals surface area contributed by atoms with Gasteiger partial charge in [0.05, 0.1) is 0 Å². The van der Waals surface area contributed by atoms with E-state index in [1.807, 2.05) is 30.3 Å². The van der Waals surface area contributed by atoms with Gasteiger partial charge < -0.3 is 13.7 Å². The summed E-state index contributed by atoms with van der Waals surface area (Å²) in [7, 11) is 0. The van der Waals surface area contributed by atoms with Gasteiger partial charge in [0.2, 0.25) is 0 Å². The number of hydrogen-bond donors (Lipinski definition) is 0. The Bertz CT molecular complexity index is 2810. The summed E-state index contributed by atoms with van der Waals surface area (Å²) in [5.74, 6) is 0. The number of nitrogens with zero attached hydrogens (tertiary/aromatic N) is 1. The van der Waals surface area contributed by atoms with Crippen LogP contribution in [0.1, 0.15) is 0 Å². The minimum atomic E-state index is 0.898. The van der Waals surface area contributed by atoms with Crippen LogP contribution in [0.2, 0.25) is 0 Å². The van der Waals surface area contributed by atoms with Crippen molar-refractivity contribution in [2.75, 3.05) is 4.90 Å². The molecule has 0 radical (unpaired) electrons. The highest BCUT2D eigenvalue weighted by atomic mass is 16.3. The van der Waals surface area contributed by atoms with Crippen molar-refractivity contribution >= 4 is 71.7 Å². The van der Waals surface area contributed by atoms with E-state index in [2.05, 4.69) is 150 Å². The smallest absolute Gasteiger partial charge is 0.136 e. The maximum atomic E-state index is 6.27. The second-order valence-electron chi connectivity index (χ2n) is 12.6. The first-order valence-electron chi connectivity index (χ1n) is 16.6. The van der Waals surface area contributed by atoms with E-state index in [9.17, 15) is 0 Å². The minimum Gasteiger partial charge on any atom is -0.456 e. The molecule has 8 aromatic carbocycles. The van der Waals surface area contributed by atoms with E-state index in [-0.39, 0.29) is 0 Å².